The second-order valence-electron chi connectivity index (χ2n) is 4.35. The van der Waals surface area contributed by atoms with E-state index in [9.17, 15) is 0 Å². The number of benzene rings is 1. The maximum Gasteiger partial charge on any atom is 0.0421 e. The number of fused-ring (bicyclic) bond motifs is 1. The molecule has 3 heteroatoms. The molecule has 0 saturated heterocycles. The molecule has 0 saturated carbocycles. The summed E-state index contributed by atoms with van der Waals surface area (Å²) in [7, 11) is 0. The zero-order chi connectivity index (χ0) is 11.0. The molecule has 2 rings (SSSR count). The highest BCUT2D eigenvalue weighted by molar-refractivity contribution is 9.10. The van der Waals surface area contributed by atoms with Crippen molar-refractivity contribution in [2.75, 3.05) is 0 Å². The summed E-state index contributed by atoms with van der Waals surface area (Å²) in [5.74, 6) is 1.71. The summed E-state index contributed by atoms with van der Waals surface area (Å²) in [5.41, 5.74) is 9.02. The molecule has 1 aromatic carbocycles. The fourth-order valence-electron chi connectivity index (χ4n) is 2.11. The molecular weight excluding hydrogens is 270 g/mol. The van der Waals surface area contributed by atoms with Crippen molar-refractivity contribution in [3.05, 3.63) is 33.8 Å². The van der Waals surface area contributed by atoms with E-state index >= 15 is 0 Å². The van der Waals surface area contributed by atoms with Gasteiger partial charge >= 0.3 is 0 Å². The van der Waals surface area contributed by atoms with Crippen molar-refractivity contribution in [2.24, 2.45) is 11.7 Å². The minimum Gasteiger partial charge on any atom is -0.323 e. The predicted molar refractivity (Wildman–Crippen MR) is 71.0 cm³/mol. The highest BCUT2D eigenvalue weighted by atomic mass is 79.9. The summed E-state index contributed by atoms with van der Waals surface area (Å²) in [5, 5.41) is 0.548. The molecule has 2 atom stereocenters. The first kappa shape index (κ1) is 11.5. The van der Waals surface area contributed by atoms with Gasteiger partial charge in [-0.2, -0.15) is 11.8 Å². The molecule has 0 aliphatic carbocycles. The molecule has 15 heavy (non-hydrogen) atoms. The number of halogens is 1. The van der Waals surface area contributed by atoms with Gasteiger partial charge in [-0.1, -0.05) is 41.9 Å². The Balaban J connectivity index is 2.38. The molecule has 0 radical (unpaired) electrons. The summed E-state index contributed by atoms with van der Waals surface area (Å²) >= 11 is 5.58. The Morgan fingerprint density at radius 3 is 2.87 bits per heavy atom. The first-order valence-electron chi connectivity index (χ1n) is 5.25. The van der Waals surface area contributed by atoms with Crippen molar-refractivity contribution in [2.45, 2.75) is 30.9 Å². The predicted octanol–water partition coefficient (Wildman–Crippen LogP) is 3.72. The van der Waals surface area contributed by atoms with Crippen LogP contribution in [0.5, 0.6) is 0 Å². The fourth-order valence-corrected chi connectivity index (χ4v) is 4.23. The van der Waals surface area contributed by atoms with E-state index in [-0.39, 0.29) is 6.04 Å². The first-order valence-corrected chi connectivity index (χ1v) is 7.10. The third kappa shape index (κ3) is 2.10. The van der Waals surface area contributed by atoms with E-state index in [0.29, 0.717) is 11.2 Å². The van der Waals surface area contributed by atoms with Gasteiger partial charge in [-0.3, -0.25) is 0 Å². The maximum absolute atomic E-state index is 6.32. The van der Waals surface area contributed by atoms with Gasteiger partial charge in [0.25, 0.3) is 0 Å². The molecule has 1 aliphatic heterocycles. The molecule has 2 unspecified atom stereocenters. The lowest BCUT2D eigenvalue weighted by Gasteiger charge is -2.33. The van der Waals surface area contributed by atoms with Crippen LogP contribution >= 0.6 is 27.7 Å². The van der Waals surface area contributed by atoms with Crippen molar-refractivity contribution in [1.29, 1.82) is 0 Å². The first-order chi connectivity index (χ1) is 7.11. The van der Waals surface area contributed by atoms with Gasteiger partial charge in [0.05, 0.1) is 0 Å². The van der Waals surface area contributed by atoms with Gasteiger partial charge in [-0.05, 0) is 23.1 Å². The molecule has 1 nitrogen and oxygen atoms in total. The van der Waals surface area contributed by atoms with E-state index in [2.05, 4.69) is 48.0 Å². The summed E-state index contributed by atoms with van der Waals surface area (Å²) < 4.78 is 1.20. The number of hydrogen-bond acceptors (Lipinski definition) is 2. The monoisotopic (exact) mass is 285 g/mol. The molecule has 0 amide bonds. The normalized spacial score (nSPS) is 25.4. The molecule has 0 aromatic heterocycles. The van der Waals surface area contributed by atoms with E-state index in [1.807, 2.05) is 11.8 Å². The van der Waals surface area contributed by atoms with E-state index in [0.717, 1.165) is 5.75 Å². The van der Waals surface area contributed by atoms with E-state index in [4.69, 9.17) is 5.73 Å². The summed E-state index contributed by atoms with van der Waals surface area (Å²) in [6, 6.07) is 6.52. The van der Waals surface area contributed by atoms with Crippen LogP contribution in [0, 0.1) is 5.92 Å². The average molecular weight is 286 g/mol. The lowest BCUT2D eigenvalue weighted by Crippen LogP contribution is -2.32. The van der Waals surface area contributed by atoms with E-state index in [1.54, 1.807) is 0 Å². The van der Waals surface area contributed by atoms with Crippen LogP contribution in [-0.4, -0.2) is 5.25 Å². The Kier molecular flexibility index (Phi) is 3.43. The Bertz CT molecular complexity index is 365. The van der Waals surface area contributed by atoms with Crippen LogP contribution in [0.25, 0.3) is 0 Å². The largest absolute Gasteiger partial charge is 0.323 e. The van der Waals surface area contributed by atoms with Gasteiger partial charge in [0.1, 0.15) is 0 Å². The minimum absolute atomic E-state index is 0.177. The molecule has 2 N–H and O–H groups in total. The molecule has 1 aromatic rings. The molecule has 1 heterocycles. The minimum atomic E-state index is 0.177. The number of hydrogen-bond donors (Lipinski definition) is 1. The van der Waals surface area contributed by atoms with Crippen molar-refractivity contribution >= 4 is 27.7 Å². The van der Waals surface area contributed by atoms with Gasteiger partial charge in [0.2, 0.25) is 0 Å². The van der Waals surface area contributed by atoms with Crippen LogP contribution in [-0.2, 0) is 5.75 Å². The second kappa shape index (κ2) is 4.48. The standard InChI is InChI=1S/C12H16BrNS/c1-7(2)12-11(14)8-4-3-5-10(13)9(8)6-15-12/h3-5,7,11-12H,6,14H2,1-2H3. The molecule has 82 valence electrons. The Morgan fingerprint density at radius 1 is 1.47 bits per heavy atom. The quantitative estimate of drug-likeness (QED) is 0.851. The van der Waals surface area contributed by atoms with Gasteiger partial charge in [-0.25, -0.2) is 0 Å². The fraction of sp³-hybridized carbons (Fsp3) is 0.500. The van der Waals surface area contributed by atoms with Gasteiger partial charge in [0.15, 0.2) is 0 Å². The zero-order valence-electron chi connectivity index (χ0n) is 9.03. The van der Waals surface area contributed by atoms with E-state index in [1.165, 1.54) is 15.6 Å². The number of rotatable bonds is 1. The van der Waals surface area contributed by atoms with Crippen molar-refractivity contribution in [1.82, 2.24) is 0 Å². The lowest BCUT2D eigenvalue weighted by atomic mass is 9.93. The van der Waals surface area contributed by atoms with Crippen LogP contribution < -0.4 is 5.73 Å². The molecular formula is C12H16BrNS. The summed E-state index contributed by atoms with van der Waals surface area (Å²) in [6.07, 6.45) is 0. The Hall–Kier alpha value is 0.01000. The van der Waals surface area contributed by atoms with Gasteiger partial charge in [0, 0.05) is 21.5 Å². The average Bonchev–Trinajstić information content (AvgIpc) is 2.19. The summed E-state index contributed by atoms with van der Waals surface area (Å²) in [6.45, 7) is 4.50. The van der Waals surface area contributed by atoms with Crippen molar-refractivity contribution < 1.29 is 0 Å². The Morgan fingerprint density at radius 2 is 2.20 bits per heavy atom. The van der Waals surface area contributed by atoms with E-state index < -0.39 is 0 Å². The molecule has 0 bridgehead atoms. The van der Waals surface area contributed by atoms with Gasteiger partial charge in [-0.15, -0.1) is 0 Å². The van der Waals surface area contributed by atoms with Crippen LogP contribution in [0.1, 0.15) is 31.0 Å². The van der Waals surface area contributed by atoms with Crippen LogP contribution in [0.15, 0.2) is 22.7 Å². The van der Waals surface area contributed by atoms with Crippen molar-refractivity contribution in [3.8, 4) is 0 Å². The van der Waals surface area contributed by atoms with Crippen molar-refractivity contribution in [3.63, 3.8) is 0 Å². The third-order valence-corrected chi connectivity index (χ3v) is 5.37. The smallest absolute Gasteiger partial charge is 0.0421 e. The summed E-state index contributed by atoms with van der Waals surface area (Å²) in [4.78, 5) is 0. The van der Waals surface area contributed by atoms with Crippen LogP contribution in [0.4, 0.5) is 0 Å². The molecule has 0 fully saturated rings. The van der Waals surface area contributed by atoms with Gasteiger partial charge < -0.3 is 5.73 Å². The molecule has 1 aliphatic rings. The Labute approximate surface area is 104 Å². The second-order valence-corrected chi connectivity index (χ2v) is 6.37. The van der Waals surface area contributed by atoms with Crippen LogP contribution in [0.3, 0.4) is 0 Å². The third-order valence-electron chi connectivity index (χ3n) is 2.95. The number of nitrogens with two attached hydrogens (primary N) is 1. The lowest BCUT2D eigenvalue weighted by molar-refractivity contribution is 0.520. The topological polar surface area (TPSA) is 26.0 Å². The zero-order valence-corrected chi connectivity index (χ0v) is 11.4. The maximum atomic E-state index is 6.32. The highest BCUT2D eigenvalue weighted by Crippen LogP contribution is 2.41. The SMILES string of the molecule is CC(C)C1SCc2c(Br)cccc2C1N. The van der Waals surface area contributed by atoms with Crippen LogP contribution in [0.2, 0.25) is 0 Å². The molecule has 0 spiro atoms. The highest BCUT2D eigenvalue weighted by Gasteiger charge is 2.30. The number of thioether (sulfide) groups is 1.